The van der Waals surface area contributed by atoms with Crippen molar-refractivity contribution in [3.63, 3.8) is 0 Å². The average molecular weight is 262 g/mol. The lowest BCUT2D eigenvalue weighted by atomic mass is 10.0. The van der Waals surface area contributed by atoms with E-state index in [2.05, 4.69) is 10.3 Å². The molecule has 19 heavy (non-hydrogen) atoms. The van der Waals surface area contributed by atoms with Crippen LogP contribution < -0.4 is 10.1 Å². The van der Waals surface area contributed by atoms with Crippen LogP contribution >= 0.6 is 0 Å². The van der Waals surface area contributed by atoms with Gasteiger partial charge in [-0.1, -0.05) is 0 Å². The minimum absolute atomic E-state index is 0.214. The monoisotopic (exact) mass is 262 g/mol. The maximum atomic E-state index is 13.9. The van der Waals surface area contributed by atoms with Crippen molar-refractivity contribution in [1.82, 2.24) is 10.3 Å². The van der Waals surface area contributed by atoms with E-state index in [0.29, 0.717) is 18.1 Å². The third kappa shape index (κ3) is 2.46. The van der Waals surface area contributed by atoms with Gasteiger partial charge in [-0.15, -0.1) is 0 Å². The van der Waals surface area contributed by atoms with Crippen molar-refractivity contribution in [2.24, 2.45) is 0 Å². The summed E-state index contributed by atoms with van der Waals surface area (Å²) in [6, 6.07) is 3.34. The number of nitrogens with zero attached hydrogens (tertiary/aromatic N) is 1. The molecule has 0 amide bonds. The third-order valence-corrected chi connectivity index (χ3v) is 3.35. The first-order valence-electron chi connectivity index (χ1n) is 6.28. The first-order valence-corrected chi connectivity index (χ1v) is 6.28. The molecule has 1 aliphatic rings. The number of hydrogen-bond acceptors (Lipinski definition) is 4. The summed E-state index contributed by atoms with van der Waals surface area (Å²) in [5.74, 6) is 0.989. The number of aromatic nitrogens is 1. The molecule has 1 aromatic carbocycles. The third-order valence-electron chi connectivity index (χ3n) is 3.35. The lowest BCUT2D eigenvalue weighted by Crippen LogP contribution is -2.24. The summed E-state index contributed by atoms with van der Waals surface area (Å²) in [4.78, 5) is 3.99. The average Bonchev–Trinajstić information content (AvgIpc) is 2.82. The second kappa shape index (κ2) is 5.01. The van der Waals surface area contributed by atoms with Crippen molar-refractivity contribution >= 4 is 0 Å². The number of halogens is 1. The van der Waals surface area contributed by atoms with Crippen LogP contribution in [0.4, 0.5) is 4.39 Å². The van der Waals surface area contributed by atoms with Crippen molar-refractivity contribution in [1.29, 1.82) is 0 Å². The van der Waals surface area contributed by atoms with E-state index in [1.807, 2.05) is 13.0 Å². The maximum absolute atomic E-state index is 13.9. The Balaban J connectivity index is 1.78. The van der Waals surface area contributed by atoms with Crippen molar-refractivity contribution < 1.29 is 13.5 Å². The number of fused-ring (bicyclic) bond motifs is 1. The number of rotatable bonds is 3. The molecule has 0 saturated heterocycles. The topological polar surface area (TPSA) is 47.3 Å². The van der Waals surface area contributed by atoms with Crippen molar-refractivity contribution in [3.8, 4) is 5.75 Å². The minimum Gasteiger partial charge on any atom is -0.485 e. The number of ether oxygens (including phenoxy) is 1. The van der Waals surface area contributed by atoms with Gasteiger partial charge in [0.2, 0.25) is 0 Å². The summed E-state index contributed by atoms with van der Waals surface area (Å²) in [6.07, 6.45) is 2.21. The zero-order valence-corrected chi connectivity index (χ0v) is 10.7. The molecule has 1 aliphatic heterocycles. The van der Waals surface area contributed by atoms with Crippen LogP contribution in [0.25, 0.3) is 0 Å². The lowest BCUT2D eigenvalue weighted by Gasteiger charge is -2.18. The van der Waals surface area contributed by atoms with Gasteiger partial charge in [-0.05, 0) is 31.5 Å². The van der Waals surface area contributed by atoms with Crippen molar-refractivity contribution in [2.75, 3.05) is 6.54 Å². The zero-order valence-electron chi connectivity index (χ0n) is 10.7. The largest absolute Gasteiger partial charge is 0.485 e. The first-order chi connectivity index (χ1) is 9.24. The minimum atomic E-state index is -0.214. The Labute approximate surface area is 110 Å². The number of hydrogen-bond donors (Lipinski definition) is 1. The van der Waals surface area contributed by atoms with Crippen LogP contribution in [0.15, 0.2) is 22.9 Å². The molecule has 0 spiro atoms. The van der Waals surface area contributed by atoms with Gasteiger partial charge in [0.05, 0.1) is 5.69 Å². The summed E-state index contributed by atoms with van der Waals surface area (Å²) in [5.41, 5.74) is 2.56. The molecule has 1 N–H and O–H groups in total. The van der Waals surface area contributed by atoms with Gasteiger partial charge in [-0.25, -0.2) is 9.37 Å². The van der Waals surface area contributed by atoms with Gasteiger partial charge in [0.25, 0.3) is 0 Å². The molecule has 1 aromatic heterocycles. The van der Waals surface area contributed by atoms with Crippen molar-refractivity contribution in [2.45, 2.75) is 26.5 Å². The quantitative estimate of drug-likeness (QED) is 0.922. The Morgan fingerprint density at radius 1 is 1.47 bits per heavy atom. The fraction of sp³-hybridized carbons (Fsp3) is 0.357. The van der Waals surface area contributed by atoms with Gasteiger partial charge in [0, 0.05) is 18.2 Å². The molecule has 0 unspecified atom stereocenters. The molecular formula is C14H15FN2O2. The lowest BCUT2D eigenvalue weighted by molar-refractivity contribution is 0.267. The van der Waals surface area contributed by atoms with Crippen LogP contribution in [0, 0.1) is 12.7 Å². The van der Waals surface area contributed by atoms with E-state index in [-0.39, 0.29) is 12.4 Å². The Bertz CT molecular complexity index is 595. The molecule has 0 aliphatic carbocycles. The van der Waals surface area contributed by atoms with E-state index in [1.165, 1.54) is 12.5 Å². The normalized spacial score (nSPS) is 14.2. The molecule has 0 saturated carbocycles. The van der Waals surface area contributed by atoms with Gasteiger partial charge >= 0.3 is 0 Å². The molecule has 0 atom stereocenters. The van der Waals surface area contributed by atoms with E-state index in [4.69, 9.17) is 9.15 Å². The molecule has 2 heterocycles. The highest BCUT2D eigenvalue weighted by Gasteiger charge is 2.15. The Kier molecular flexibility index (Phi) is 3.21. The number of nitrogens with one attached hydrogen (secondary N) is 1. The molecular weight excluding hydrogens is 247 g/mol. The second-order valence-corrected chi connectivity index (χ2v) is 4.62. The maximum Gasteiger partial charge on any atom is 0.181 e. The number of aryl methyl sites for hydroxylation is 1. The van der Waals surface area contributed by atoms with Crippen LogP contribution in [0.5, 0.6) is 5.75 Å². The molecule has 0 radical (unpaired) electrons. The summed E-state index contributed by atoms with van der Waals surface area (Å²) < 4.78 is 24.7. The molecule has 2 aromatic rings. The van der Waals surface area contributed by atoms with Crippen LogP contribution in [0.3, 0.4) is 0 Å². The smallest absolute Gasteiger partial charge is 0.181 e. The first kappa shape index (κ1) is 12.2. The van der Waals surface area contributed by atoms with Crippen molar-refractivity contribution in [3.05, 3.63) is 46.9 Å². The Hall–Kier alpha value is -1.88. The molecule has 5 heteroatoms. The second-order valence-electron chi connectivity index (χ2n) is 4.62. The SMILES string of the molecule is Cc1ncoc1COc1cc(F)c2c(c1)CCNC2. The number of benzene rings is 1. The molecule has 3 rings (SSSR count). The predicted molar refractivity (Wildman–Crippen MR) is 67.4 cm³/mol. The molecule has 100 valence electrons. The predicted octanol–water partition coefficient (Wildman–Crippen LogP) is 2.35. The summed E-state index contributed by atoms with van der Waals surface area (Å²) in [7, 11) is 0. The van der Waals surface area contributed by atoms with E-state index in [0.717, 1.165) is 29.8 Å². The van der Waals surface area contributed by atoms with Gasteiger partial charge in [0.1, 0.15) is 18.2 Å². The molecule has 4 nitrogen and oxygen atoms in total. The van der Waals surface area contributed by atoms with Gasteiger partial charge < -0.3 is 14.5 Å². The van der Waals surface area contributed by atoms with Crippen LogP contribution in [0.2, 0.25) is 0 Å². The van der Waals surface area contributed by atoms with Crippen LogP contribution in [-0.4, -0.2) is 11.5 Å². The summed E-state index contributed by atoms with van der Waals surface area (Å²) in [6.45, 7) is 3.57. The van der Waals surface area contributed by atoms with E-state index < -0.39 is 0 Å². The molecule has 0 bridgehead atoms. The van der Waals surface area contributed by atoms with Crippen LogP contribution in [-0.2, 0) is 19.6 Å². The van der Waals surface area contributed by atoms with E-state index in [1.54, 1.807) is 0 Å². The Morgan fingerprint density at radius 3 is 3.16 bits per heavy atom. The van der Waals surface area contributed by atoms with Gasteiger partial charge in [-0.2, -0.15) is 0 Å². The van der Waals surface area contributed by atoms with Gasteiger partial charge in [-0.3, -0.25) is 0 Å². The summed E-state index contributed by atoms with van der Waals surface area (Å²) >= 11 is 0. The highest BCUT2D eigenvalue weighted by Crippen LogP contribution is 2.25. The van der Waals surface area contributed by atoms with Crippen LogP contribution in [0.1, 0.15) is 22.6 Å². The summed E-state index contributed by atoms with van der Waals surface area (Å²) in [5, 5.41) is 3.16. The highest BCUT2D eigenvalue weighted by atomic mass is 19.1. The fourth-order valence-electron chi connectivity index (χ4n) is 2.22. The zero-order chi connectivity index (χ0) is 13.2. The fourth-order valence-corrected chi connectivity index (χ4v) is 2.22. The Morgan fingerprint density at radius 2 is 2.37 bits per heavy atom. The van der Waals surface area contributed by atoms with E-state index in [9.17, 15) is 4.39 Å². The highest BCUT2D eigenvalue weighted by molar-refractivity contribution is 5.38. The van der Waals surface area contributed by atoms with E-state index >= 15 is 0 Å². The number of oxazole rings is 1. The standard InChI is InChI=1S/C14H15FN2O2/c1-9-14(19-8-17-9)7-18-11-4-10-2-3-16-6-12(10)13(15)5-11/h4-5,8,16H,2-3,6-7H2,1H3. The molecule has 0 fully saturated rings. The van der Waals surface area contributed by atoms with Gasteiger partial charge in [0.15, 0.2) is 12.2 Å².